The Morgan fingerprint density at radius 3 is 2.73 bits per heavy atom. The molecule has 0 spiro atoms. The Bertz CT molecular complexity index is 482. The molecule has 2 radical (unpaired) electrons. The predicted octanol–water partition coefficient (Wildman–Crippen LogP) is 0.847. The molecule has 0 saturated heterocycles. The second-order valence-electron chi connectivity index (χ2n) is 3.08. The zero-order valence-corrected chi connectivity index (χ0v) is 8.52. The minimum atomic E-state index is 0.464. The standard InChI is InChI=1S/C10H9BN2O2/c1-6-12-13-10(15-6)7-3-4-8(11)9(5-7)14-2/h3-5H,1-2H3. The highest BCUT2D eigenvalue weighted by Gasteiger charge is 2.07. The largest absolute Gasteiger partial charge is 0.497 e. The third-order valence-electron chi connectivity index (χ3n) is 2.01. The third-order valence-corrected chi connectivity index (χ3v) is 2.01. The molecule has 0 aliphatic carbocycles. The number of methoxy groups -OCH3 is 1. The zero-order valence-electron chi connectivity index (χ0n) is 8.52. The maximum absolute atomic E-state index is 5.69. The van der Waals surface area contributed by atoms with Gasteiger partial charge in [-0.25, -0.2) is 0 Å². The second-order valence-corrected chi connectivity index (χ2v) is 3.08. The Morgan fingerprint density at radius 1 is 1.33 bits per heavy atom. The van der Waals surface area contributed by atoms with Crippen LogP contribution in [0.4, 0.5) is 0 Å². The molecule has 15 heavy (non-hydrogen) atoms. The Morgan fingerprint density at radius 2 is 2.13 bits per heavy atom. The average Bonchev–Trinajstić information content (AvgIpc) is 2.66. The van der Waals surface area contributed by atoms with Gasteiger partial charge in [-0.1, -0.05) is 11.5 Å². The Kier molecular flexibility index (Phi) is 2.45. The maximum atomic E-state index is 5.69. The molecular weight excluding hydrogens is 191 g/mol. The Labute approximate surface area is 88.7 Å². The smallest absolute Gasteiger partial charge is 0.247 e. The van der Waals surface area contributed by atoms with Crippen LogP contribution in [-0.4, -0.2) is 25.2 Å². The molecule has 2 aromatic rings. The van der Waals surface area contributed by atoms with E-state index < -0.39 is 0 Å². The quantitative estimate of drug-likeness (QED) is 0.674. The van der Waals surface area contributed by atoms with Gasteiger partial charge in [0.05, 0.1) is 7.11 Å². The van der Waals surface area contributed by atoms with Crippen LogP contribution in [0.3, 0.4) is 0 Å². The molecule has 0 aliphatic heterocycles. The van der Waals surface area contributed by atoms with Crippen LogP contribution >= 0.6 is 0 Å². The molecule has 1 aromatic heterocycles. The van der Waals surface area contributed by atoms with E-state index >= 15 is 0 Å². The topological polar surface area (TPSA) is 48.2 Å². The molecule has 0 unspecified atom stereocenters. The number of nitrogens with zero attached hydrogens (tertiary/aromatic N) is 2. The summed E-state index contributed by atoms with van der Waals surface area (Å²) < 4.78 is 10.4. The van der Waals surface area contributed by atoms with Crippen molar-refractivity contribution in [1.82, 2.24) is 10.2 Å². The van der Waals surface area contributed by atoms with Crippen molar-refractivity contribution in [2.45, 2.75) is 6.92 Å². The Balaban J connectivity index is 2.45. The number of aryl methyl sites for hydroxylation is 1. The van der Waals surface area contributed by atoms with Crippen LogP contribution in [-0.2, 0) is 0 Å². The van der Waals surface area contributed by atoms with E-state index in [1.54, 1.807) is 26.2 Å². The number of ether oxygens (including phenoxy) is 1. The van der Waals surface area contributed by atoms with Gasteiger partial charge >= 0.3 is 0 Å². The van der Waals surface area contributed by atoms with Gasteiger partial charge < -0.3 is 9.15 Å². The summed E-state index contributed by atoms with van der Waals surface area (Å²) in [5.74, 6) is 1.59. The molecule has 1 heterocycles. The van der Waals surface area contributed by atoms with Crippen LogP contribution in [0, 0.1) is 6.92 Å². The molecular formula is C10H9BN2O2. The fourth-order valence-electron chi connectivity index (χ4n) is 1.26. The van der Waals surface area contributed by atoms with E-state index in [1.165, 1.54) is 0 Å². The predicted molar refractivity (Wildman–Crippen MR) is 56.4 cm³/mol. The van der Waals surface area contributed by atoms with E-state index in [0.29, 0.717) is 23.0 Å². The molecule has 0 bridgehead atoms. The van der Waals surface area contributed by atoms with Crippen molar-refractivity contribution in [3.05, 3.63) is 24.1 Å². The van der Waals surface area contributed by atoms with Gasteiger partial charge in [-0.15, -0.1) is 10.2 Å². The fourth-order valence-corrected chi connectivity index (χ4v) is 1.26. The lowest BCUT2D eigenvalue weighted by Crippen LogP contribution is -2.06. The molecule has 5 heteroatoms. The van der Waals surface area contributed by atoms with E-state index in [9.17, 15) is 0 Å². The maximum Gasteiger partial charge on any atom is 0.247 e. The Hall–Kier alpha value is -1.78. The highest BCUT2D eigenvalue weighted by molar-refractivity contribution is 6.34. The molecule has 1 aromatic carbocycles. The van der Waals surface area contributed by atoms with Crippen molar-refractivity contribution >= 4 is 13.3 Å². The second kappa shape index (κ2) is 3.77. The summed E-state index contributed by atoms with van der Waals surface area (Å²) in [7, 11) is 7.26. The lowest BCUT2D eigenvalue weighted by atomic mass is 9.94. The molecule has 2 rings (SSSR count). The zero-order chi connectivity index (χ0) is 10.8. The first kappa shape index (κ1) is 9.77. The highest BCUT2D eigenvalue weighted by atomic mass is 16.5. The van der Waals surface area contributed by atoms with Crippen molar-refractivity contribution in [2.75, 3.05) is 7.11 Å². The monoisotopic (exact) mass is 200 g/mol. The molecule has 0 amide bonds. The van der Waals surface area contributed by atoms with E-state index in [-0.39, 0.29) is 0 Å². The molecule has 0 N–H and O–H groups in total. The van der Waals surface area contributed by atoms with E-state index in [2.05, 4.69) is 10.2 Å². The van der Waals surface area contributed by atoms with Crippen molar-refractivity contribution in [2.24, 2.45) is 0 Å². The average molecular weight is 200 g/mol. The van der Waals surface area contributed by atoms with Crippen molar-refractivity contribution in [3.63, 3.8) is 0 Å². The molecule has 0 aliphatic rings. The lowest BCUT2D eigenvalue weighted by Gasteiger charge is -2.05. The summed E-state index contributed by atoms with van der Waals surface area (Å²) in [6.45, 7) is 1.74. The fraction of sp³-hybridized carbons (Fsp3) is 0.200. The summed E-state index contributed by atoms with van der Waals surface area (Å²) in [4.78, 5) is 0. The number of hydrogen-bond acceptors (Lipinski definition) is 4. The highest BCUT2D eigenvalue weighted by Crippen LogP contribution is 2.20. The van der Waals surface area contributed by atoms with E-state index in [4.69, 9.17) is 17.0 Å². The van der Waals surface area contributed by atoms with Crippen LogP contribution in [0.1, 0.15) is 5.89 Å². The van der Waals surface area contributed by atoms with Crippen LogP contribution in [0.15, 0.2) is 22.6 Å². The third kappa shape index (κ3) is 1.86. The molecule has 0 saturated carbocycles. The summed E-state index contributed by atoms with van der Waals surface area (Å²) >= 11 is 0. The van der Waals surface area contributed by atoms with Gasteiger partial charge in [0.25, 0.3) is 0 Å². The van der Waals surface area contributed by atoms with Gasteiger partial charge in [-0.2, -0.15) is 0 Å². The summed E-state index contributed by atoms with van der Waals surface area (Å²) in [6, 6.07) is 5.32. The SMILES string of the molecule is [B]c1ccc(-c2nnc(C)o2)cc1OC. The minimum absolute atomic E-state index is 0.464. The number of hydrogen-bond donors (Lipinski definition) is 0. The van der Waals surface area contributed by atoms with Crippen LogP contribution in [0.2, 0.25) is 0 Å². The van der Waals surface area contributed by atoms with E-state index in [1.807, 2.05) is 6.07 Å². The van der Waals surface area contributed by atoms with Crippen LogP contribution < -0.4 is 10.2 Å². The molecule has 0 fully saturated rings. The lowest BCUT2D eigenvalue weighted by molar-refractivity contribution is 0.418. The summed E-state index contributed by atoms with van der Waals surface area (Å²) in [5, 5.41) is 7.66. The van der Waals surface area contributed by atoms with Crippen molar-refractivity contribution in [1.29, 1.82) is 0 Å². The van der Waals surface area contributed by atoms with Crippen molar-refractivity contribution in [3.8, 4) is 17.2 Å². The molecule has 0 atom stereocenters. The molecule has 4 nitrogen and oxygen atoms in total. The first-order valence-corrected chi connectivity index (χ1v) is 4.44. The first-order chi connectivity index (χ1) is 7.20. The number of rotatable bonds is 2. The van der Waals surface area contributed by atoms with Crippen LogP contribution in [0.25, 0.3) is 11.5 Å². The minimum Gasteiger partial charge on any atom is -0.497 e. The van der Waals surface area contributed by atoms with Gasteiger partial charge in [-0.3, -0.25) is 0 Å². The number of aromatic nitrogens is 2. The van der Waals surface area contributed by atoms with Crippen molar-refractivity contribution < 1.29 is 9.15 Å². The van der Waals surface area contributed by atoms with Gasteiger partial charge in [0.1, 0.15) is 13.6 Å². The van der Waals surface area contributed by atoms with Gasteiger partial charge in [0.2, 0.25) is 11.8 Å². The van der Waals surface area contributed by atoms with Gasteiger partial charge in [0, 0.05) is 12.5 Å². The summed E-state index contributed by atoms with van der Waals surface area (Å²) in [6.07, 6.45) is 0. The normalized spacial score (nSPS) is 10.3. The van der Waals surface area contributed by atoms with E-state index in [0.717, 1.165) is 5.56 Å². The van der Waals surface area contributed by atoms with Gasteiger partial charge in [0.15, 0.2) is 0 Å². The first-order valence-electron chi connectivity index (χ1n) is 4.44. The summed E-state index contributed by atoms with van der Waals surface area (Å²) in [5.41, 5.74) is 1.37. The van der Waals surface area contributed by atoms with Crippen LogP contribution in [0.5, 0.6) is 5.75 Å². The molecule has 74 valence electrons. The number of benzene rings is 1. The van der Waals surface area contributed by atoms with Gasteiger partial charge in [-0.05, 0) is 12.1 Å².